The molecule has 0 bridgehead atoms. The van der Waals surface area contributed by atoms with E-state index in [1.165, 1.54) is 17.0 Å². The highest BCUT2D eigenvalue weighted by molar-refractivity contribution is 6.19. The van der Waals surface area contributed by atoms with Gasteiger partial charge >= 0.3 is 12.3 Å². The first-order valence-electron chi connectivity index (χ1n) is 7.72. The molecular weight excluding hydrogens is 373 g/mol. The summed E-state index contributed by atoms with van der Waals surface area (Å²) in [5.41, 5.74) is 0.469. The van der Waals surface area contributed by atoms with Crippen molar-refractivity contribution >= 4 is 23.6 Å². The van der Waals surface area contributed by atoms with Crippen LogP contribution >= 0.6 is 0 Å². The van der Waals surface area contributed by atoms with Gasteiger partial charge in [0.05, 0.1) is 0 Å². The third-order valence-corrected chi connectivity index (χ3v) is 3.72. The molecule has 0 spiro atoms. The smallest absolute Gasteiger partial charge is 0.480 e. The normalized spacial score (nSPS) is 17.6. The van der Waals surface area contributed by atoms with E-state index < -0.39 is 48.1 Å². The van der Waals surface area contributed by atoms with Gasteiger partial charge in [-0.25, -0.2) is 0 Å². The molecule has 1 aromatic rings. The molecule has 0 radical (unpaired) electrons. The fraction of sp³-hybridized carbons (Fsp3) is 0.375. The number of rotatable bonds is 6. The second-order valence-corrected chi connectivity index (χ2v) is 5.71. The van der Waals surface area contributed by atoms with Gasteiger partial charge in [0, 0.05) is 19.5 Å². The zero-order valence-corrected chi connectivity index (χ0v) is 13.8. The molecule has 146 valence electrons. The Labute approximate surface area is 150 Å². The third kappa shape index (κ3) is 5.69. The number of carbonyl (C=O) groups is 4. The van der Waals surface area contributed by atoms with E-state index in [1.54, 1.807) is 0 Å². The monoisotopic (exact) mass is 388 g/mol. The van der Waals surface area contributed by atoms with Gasteiger partial charge in [0.25, 0.3) is 0 Å². The Kier molecular flexibility index (Phi) is 6.03. The van der Waals surface area contributed by atoms with E-state index in [1.807, 2.05) is 5.32 Å². The molecule has 0 aromatic heterocycles. The number of Topliss-reactive ketones (excluding diaryl/α,β-unsaturated/α-hetero) is 1. The van der Waals surface area contributed by atoms with Crippen molar-refractivity contribution in [3.63, 3.8) is 0 Å². The number of aliphatic carboxylic acids is 1. The highest BCUT2D eigenvalue weighted by Crippen LogP contribution is 2.24. The molecule has 1 aliphatic heterocycles. The number of nitrogens with zero attached hydrogens (tertiary/aromatic N) is 1. The SMILES string of the molecule is O=C(O)CNC(=O)C1C(=O)CCN(Cc2ccc(OC(F)(F)F)cc2)C1=O. The first-order chi connectivity index (χ1) is 12.6. The van der Waals surface area contributed by atoms with Gasteiger partial charge in [-0.05, 0) is 17.7 Å². The summed E-state index contributed by atoms with van der Waals surface area (Å²) in [6.45, 7) is -0.709. The minimum absolute atomic E-state index is 0.0267. The number of alkyl halides is 3. The average Bonchev–Trinajstić information content (AvgIpc) is 2.56. The first-order valence-corrected chi connectivity index (χ1v) is 7.72. The molecule has 1 heterocycles. The van der Waals surface area contributed by atoms with Crippen LogP contribution < -0.4 is 10.1 Å². The Hall–Kier alpha value is -3.11. The molecule has 2 rings (SSSR count). The van der Waals surface area contributed by atoms with Crippen LogP contribution in [-0.4, -0.2) is 53.0 Å². The lowest BCUT2D eigenvalue weighted by Gasteiger charge is -2.30. The number of carboxylic acid groups (broad SMARTS) is 1. The molecule has 2 amide bonds. The van der Waals surface area contributed by atoms with Crippen LogP contribution in [0.25, 0.3) is 0 Å². The van der Waals surface area contributed by atoms with Crippen LogP contribution in [0.5, 0.6) is 5.75 Å². The fourth-order valence-electron chi connectivity index (χ4n) is 2.52. The van der Waals surface area contributed by atoms with Crippen LogP contribution in [-0.2, 0) is 25.7 Å². The summed E-state index contributed by atoms with van der Waals surface area (Å²) in [5, 5.41) is 10.6. The van der Waals surface area contributed by atoms with Crippen molar-refractivity contribution in [2.45, 2.75) is 19.3 Å². The summed E-state index contributed by atoms with van der Waals surface area (Å²) < 4.78 is 40.2. The van der Waals surface area contributed by atoms with Crippen LogP contribution in [0.4, 0.5) is 13.2 Å². The number of ketones is 1. The van der Waals surface area contributed by atoms with E-state index in [-0.39, 0.29) is 19.5 Å². The summed E-state index contributed by atoms with van der Waals surface area (Å²) >= 11 is 0. The lowest BCUT2D eigenvalue weighted by molar-refractivity contribution is -0.274. The Bertz CT molecular complexity index is 748. The Morgan fingerprint density at radius 2 is 1.85 bits per heavy atom. The maximum absolute atomic E-state index is 12.4. The van der Waals surface area contributed by atoms with Crippen molar-refractivity contribution in [3.05, 3.63) is 29.8 Å². The van der Waals surface area contributed by atoms with Crippen LogP contribution in [0, 0.1) is 5.92 Å². The number of carboxylic acids is 1. The van der Waals surface area contributed by atoms with E-state index in [0.717, 1.165) is 12.1 Å². The topological polar surface area (TPSA) is 113 Å². The van der Waals surface area contributed by atoms with Crippen molar-refractivity contribution in [1.29, 1.82) is 0 Å². The predicted molar refractivity (Wildman–Crippen MR) is 82.3 cm³/mol. The molecule has 0 aliphatic carbocycles. The summed E-state index contributed by atoms with van der Waals surface area (Å²) in [6.07, 6.45) is -4.91. The van der Waals surface area contributed by atoms with Crippen molar-refractivity contribution in [1.82, 2.24) is 10.2 Å². The van der Waals surface area contributed by atoms with E-state index in [9.17, 15) is 32.3 Å². The molecule has 8 nitrogen and oxygen atoms in total. The van der Waals surface area contributed by atoms with Gasteiger partial charge in [-0.1, -0.05) is 12.1 Å². The predicted octanol–water partition coefficient (Wildman–Crippen LogP) is 0.704. The number of likely N-dealkylation sites (tertiary alicyclic amines) is 1. The third-order valence-electron chi connectivity index (χ3n) is 3.72. The van der Waals surface area contributed by atoms with Gasteiger partial charge < -0.3 is 20.1 Å². The van der Waals surface area contributed by atoms with Crippen molar-refractivity contribution in [2.75, 3.05) is 13.1 Å². The quantitative estimate of drug-likeness (QED) is 0.694. The van der Waals surface area contributed by atoms with Gasteiger partial charge in [0.2, 0.25) is 11.8 Å². The Morgan fingerprint density at radius 1 is 1.22 bits per heavy atom. The van der Waals surface area contributed by atoms with Crippen LogP contribution in [0.2, 0.25) is 0 Å². The van der Waals surface area contributed by atoms with E-state index >= 15 is 0 Å². The molecule has 27 heavy (non-hydrogen) atoms. The molecule has 0 saturated carbocycles. The van der Waals surface area contributed by atoms with Crippen molar-refractivity contribution in [2.24, 2.45) is 5.92 Å². The number of hydrogen-bond donors (Lipinski definition) is 2. The lowest BCUT2D eigenvalue weighted by Crippen LogP contribution is -2.52. The molecule has 1 aromatic carbocycles. The number of amides is 2. The van der Waals surface area contributed by atoms with E-state index in [4.69, 9.17) is 5.11 Å². The largest absolute Gasteiger partial charge is 0.573 e. The minimum atomic E-state index is -4.82. The van der Waals surface area contributed by atoms with Crippen LogP contribution in [0.1, 0.15) is 12.0 Å². The maximum atomic E-state index is 12.4. The fourth-order valence-corrected chi connectivity index (χ4v) is 2.52. The van der Waals surface area contributed by atoms with Gasteiger partial charge in [-0.2, -0.15) is 0 Å². The van der Waals surface area contributed by atoms with Gasteiger partial charge in [0.15, 0.2) is 11.7 Å². The lowest BCUT2D eigenvalue weighted by atomic mass is 9.94. The molecule has 1 saturated heterocycles. The number of halogens is 3. The Balaban J connectivity index is 2.04. The van der Waals surface area contributed by atoms with Crippen molar-refractivity contribution < 1.29 is 42.2 Å². The van der Waals surface area contributed by atoms with Crippen LogP contribution in [0.3, 0.4) is 0 Å². The average molecular weight is 388 g/mol. The number of ether oxygens (including phenoxy) is 1. The Morgan fingerprint density at radius 3 is 2.41 bits per heavy atom. The molecule has 1 fully saturated rings. The van der Waals surface area contributed by atoms with Crippen molar-refractivity contribution in [3.8, 4) is 5.75 Å². The zero-order valence-electron chi connectivity index (χ0n) is 13.8. The molecule has 1 atom stereocenters. The molecule has 2 N–H and O–H groups in total. The second kappa shape index (κ2) is 8.06. The molecule has 1 unspecified atom stereocenters. The summed E-state index contributed by atoms with van der Waals surface area (Å²) in [6, 6.07) is 4.81. The number of piperidine rings is 1. The van der Waals surface area contributed by atoms with Gasteiger partial charge in [-0.3, -0.25) is 19.2 Å². The summed E-state index contributed by atoms with van der Waals surface area (Å²) in [4.78, 5) is 47.9. The van der Waals surface area contributed by atoms with E-state index in [2.05, 4.69) is 4.74 Å². The maximum Gasteiger partial charge on any atom is 0.573 e. The van der Waals surface area contributed by atoms with Crippen LogP contribution in [0.15, 0.2) is 24.3 Å². The summed E-state index contributed by atoms with van der Waals surface area (Å²) in [5.74, 6) is -5.77. The van der Waals surface area contributed by atoms with Gasteiger partial charge in [-0.15, -0.1) is 13.2 Å². The minimum Gasteiger partial charge on any atom is -0.480 e. The highest BCUT2D eigenvalue weighted by Gasteiger charge is 2.40. The highest BCUT2D eigenvalue weighted by atomic mass is 19.4. The second-order valence-electron chi connectivity index (χ2n) is 5.71. The summed E-state index contributed by atoms with van der Waals surface area (Å²) in [7, 11) is 0. The molecular formula is C16H15F3N2O6. The first kappa shape index (κ1) is 20.2. The number of hydrogen-bond acceptors (Lipinski definition) is 5. The zero-order chi connectivity index (χ0) is 20.2. The number of benzene rings is 1. The van der Waals surface area contributed by atoms with Gasteiger partial charge in [0.1, 0.15) is 12.3 Å². The standard InChI is InChI=1S/C16H15F3N2O6/c17-16(18,19)27-10-3-1-9(2-4-10)8-21-6-5-11(22)13(15(21)26)14(25)20-7-12(23)24/h1-4,13H,5-8H2,(H,20,25)(H,23,24). The molecule has 1 aliphatic rings. The molecule has 11 heteroatoms. The van der Waals surface area contributed by atoms with E-state index in [0.29, 0.717) is 5.56 Å². The number of carbonyl (C=O) groups excluding carboxylic acids is 3. The number of nitrogens with one attached hydrogen (secondary N) is 1.